The summed E-state index contributed by atoms with van der Waals surface area (Å²) in [5, 5.41) is 8.72. The first-order chi connectivity index (χ1) is 11.9. The van der Waals surface area contributed by atoms with E-state index >= 15 is 0 Å². The van der Waals surface area contributed by atoms with Crippen LogP contribution in [0.4, 0.5) is 0 Å². The fourth-order valence-corrected chi connectivity index (χ4v) is 2.89. The van der Waals surface area contributed by atoms with Crippen LogP contribution in [0.25, 0.3) is 6.08 Å². The lowest BCUT2D eigenvalue weighted by molar-refractivity contribution is -0.114. The lowest BCUT2D eigenvalue weighted by atomic mass is 10.2. The standard InChI is InChI=1S/C18H16N2O4S/c1-2-24-16-8-3-14(4-9-16)7-12-18(21)20-25(22,23)17-10-5-15(13-19)6-11-17/h3-12H,2H2,1H3,(H,20,21)/b12-7-. The zero-order valence-corrected chi connectivity index (χ0v) is 14.3. The molecule has 128 valence electrons. The van der Waals surface area contributed by atoms with Gasteiger partial charge in [0.1, 0.15) is 5.75 Å². The summed E-state index contributed by atoms with van der Waals surface area (Å²) in [6.45, 7) is 2.44. The zero-order chi connectivity index (χ0) is 18.3. The maximum atomic E-state index is 12.1. The molecule has 2 rings (SSSR count). The Morgan fingerprint density at radius 1 is 1.16 bits per heavy atom. The van der Waals surface area contributed by atoms with Crippen LogP contribution < -0.4 is 9.46 Å². The van der Waals surface area contributed by atoms with Gasteiger partial charge in [-0.25, -0.2) is 13.1 Å². The molecule has 0 fully saturated rings. The fourth-order valence-electron chi connectivity index (χ4n) is 1.95. The van der Waals surface area contributed by atoms with Crippen LogP contribution in [0.3, 0.4) is 0 Å². The third-order valence-corrected chi connectivity index (χ3v) is 4.51. The molecule has 0 saturated heterocycles. The minimum atomic E-state index is -3.98. The summed E-state index contributed by atoms with van der Waals surface area (Å²) >= 11 is 0. The topological polar surface area (TPSA) is 96.3 Å². The molecule has 0 aliphatic carbocycles. The van der Waals surface area contributed by atoms with Crippen molar-refractivity contribution < 1.29 is 17.9 Å². The number of rotatable bonds is 6. The second-order valence-corrected chi connectivity index (χ2v) is 6.62. The predicted octanol–water partition coefficient (Wildman–Crippen LogP) is 2.48. The van der Waals surface area contributed by atoms with Crippen molar-refractivity contribution in [3.05, 3.63) is 65.7 Å². The highest BCUT2D eigenvalue weighted by Gasteiger charge is 2.15. The Kier molecular flexibility index (Phi) is 5.93. The lowest BCUT2D eigenvalue weighted by Crippen LogP contribution is -2.28. The van der Waals surface area contributed by atoms with Crippen molar-refractivity contribution in [3.63, 3.8) is 0 Å². The van der Waals surface area contributed by atoms with Gasteiger partial charge in [0, 0.05) is 6.08 Å². The number of sulfonamides is 1. The molecule has 1 N–H and O–H groups in total. The van der Waals surface area contributed by atoms with Gasteiger partial charge >= 0.3 is 0 Å². The van der Waals surface area contributed by atoms with Crippen LogP contribution >= 0.6 is 0 Å². The summed E-state index contributed by atoms with van der Waals surface area (Å²) in [5.74, 6) is -0.0502. The van der Waals surface area contributed by atoms with Crippen LogP contribution in [0.5, 0.6) is 5.75 Å². The Labute approximate surface area is 146 Å². The summed E-state index contributed by atoms with van der Waals surface area (Å²) in [5.41, 5.74) is 1.06. The van der Waals surface area contributed by atoms with Gasteiger partial charge in [-0.05, 0) is 55.0 Å². The summed E-state index contributed by atoms with van der Waals surface area (Å²) in [6.07, 6.45) is 2.64. The Bertz CT molecular complexity index is 909. The first-order valence-electron chi connectivity index (χ1n) is 7.42. The van der Waals surface area contributed by atoms with Crippen molar-refractivity contribution in [1.29, 1.82) is 5.26 Å². The number of hydrogen-bond acceptors (Lipinski definition) is 5. The van der Waals surface area contributed by atoms with E-state index in [-0.39, 0.29) is 4.90 Å². The van der Waals surface area contributed by atoms with E-state index in [4.69, 9.17) is 10.00 Å². The van der Waals surface area contributed by atoms with E-state index in [9.17, 15) is 13.2 Å². The van der Waals surface area contributed by atoms with Gasteiger partial charge in [0.15, 0.2) is 0 Å². The molecule has 0 heterocycles. The van der Waals surface area contributed by atoms with E-state index in [1.165, 1.54) is 30.3 Å². The molecular formula is C18H16N2O4S. The highest BCUT2D eigenvalue weighted by atomic mass is 32.2. The first kappa shape index (κ1) is 18.2. The molecule has 6 nitrogen and oxygen atoms in total. The average Bonchev–Trinajstić information content (AvgIpc) is 2.61. The number of nitriles is 1. The van der Waals surface area contributed by atoms with Crippen LogP contribution in [0, 0.1) is 11.3 Å². The molecule has 0 aliphatic rings. The normalized spacial score (nSPS) is 11.0. The van der Waals surface area contributed by atoms with Crippen LogP contribution in [0.15, 0.2) is 59.5 Å². The van der Waals surface area contributed by atoms with Crippen molar-refractivity contribution in [2.75, 3.05) is 6.61 Å². The third-order valence-electron chi connectivity index (χ3n) is 3.15. The predicted molar refractivity (Wildman–Crippen MR) is 93.1 cm³/mol. The molecule has 0 spiro atoms. The molecule has 0 radical (unpaired) electrons. The van der Waals surface area contributed by atoms with Gasteiger partial charge in [-0.15, -0.1) is 0 Å². The Hall–Kier alpha value is -3.11. The quantitative estimate of drug-likeness (QED) is 0.802. The second kappa shape index (κ2) is 8.13. The van der Waals surface area contributed by atoms with Crippen LogP contribution in [0.2, 0.25) is 0 Å². The van der Waals surface area contributed by atoms with E-state index in [1.807, 2.05) is 17.7 Å². The maximum Gasteiger partial charge on any atom is 0.264 e. The number of nitrogens with one attached hydrogen (secondary N) is 1. The summed E-state index contributed by atoms with van der Waals surface area (Å²) < 4.78 is 31.5. The summed E-state index contributed by atoms with van der Waals surface area (Å²) in [7, 11) is -3.98. The SMILES string of the molecule is CCOc1ccc(/C=C\C(=O)NS(=O)(=O)c2ccc(C#N)cc2)cc1. The van der Waals surface area contributed by atoms with Gasteiger partial charge in [0.05, 0.1) is 23.1 Å². The summed E-state index contributed by atoms with van der Waals surface area (Å²) in [6, 6.07) is 14.2. The third kappa shape index (κ3) is 5.19. The van der Waals surface area contributed by atoms with E-state index in [1.54, 1.807) is 24.3 Å². The van der Waals surface area contributed by atoms with Crippen LogP contribution in [0.1, 0.15) is 18.1 Å². The average molecular weight is 356 g/mol. The van der Waals surface area contributed by atoms with Crippen LogP contribution in [-0.2, 0) is 14.8 Å². The van der Waals surface area contributed by atoms with Gasteiger partial charge in [0.2, 0.25) is 0 Å². The van der Waals surface area contributed by atoms with E-state index in [2.05, 4.69) is 0 Å². The molecule has 7 heteroatoms. The van der Waals surface area contributed by atoms with Crippen molar-refractivity contribution in [2.24, 2.45) is 0 Å². The Balaban J connectivity index is 2.03. The molecule has 0 atom stereocenters. The fraction of sp³-hybridized carbons (Fsp3) is 0.111. The van der Waals surface area contributed by atoms with Crippen LogP contribution in [-0.4, -0.2) is 20.9 Å². The van der Waals surface area contributed by atoms with Gasteiger partial charge in [-0.2, -0.15) is 5.26 Å². The molecule has 0 saturated carbocycles. The molecule has 1 amide bonds. The molecule has 0 aromatic heterocycles. The Morgan fingerprint density at radius 2 is 1.80 bits per heavy atom. The van der Waals surface area contributed by atoms with Crippen molar-refractivity contribution in [3.8, 4) is 11.8 Å². The number of nitrogens with zero attached hydrogens (tertiary/aromatic N) is 1. The maximum absolute atomic E-state index is 12.1. The van der Waals surface area contributed by atoms with Gasteiger partial charge < -0.3 is 4.74 Å². The van der Waals surface area contributed by atoms with E-state index in [0.29, 0.717) is 17.9 Å². The zero-order valence-electron chi connectivity index (χ0n) is 13.5. The highest BCUT2D eigenvalue weighted by molar-refractivity contribution is 7.90. The molecule has 0 bridgehead atoms. The number of ether oxygens (including phenoxy) is 1. The number of carbonyl (C=O) groups is 1. The summed E-state index contributed by atoms with van der Waals surface area (Å²) in [4.78, 5) is 11.8. The minimum Gasteiger partial charge on any atom is -0.494 e. The monoisotopic (exact) mass is 356 g/mol. The van der Waals surface area contributed by atoms with Gasteiger partial charge in [-0.3, -0.25) is 4.79 Å². The largest absolute Gasteiger partial charge is 0.494 e. The van der Waals surface area contributed by atoms with Crippen molar-refractivity contribution in [1.82, 2.24) is 4.72 Å². The molecule has 0 unspecified atom stereocenters. The van der Waals surface area contributed by atoms with Gasteiger partial charge in [-0.1, -0.05) is 12.1 Å². The molecule has 0 aliphatic heterocycles. The van der Waals surface area contributed by atoms with Gasteiger partial charge in [0.25, 0.3) is 15.9 Å². The Morgan fingerprint density at radius 3 is 2.36 bits per heavy atom. The minimum absolute atomic E-state index is 0.0886. The lowest BCUT2D eigenvalue weighted by Gasteiger charge is -2.05. The first-order valence-corrected chi connectivity index (χ1v) is 8.91. The van der Waals surface area contributed by atoms with E-state index < -0.39 is 15.9 Å². The van der Waals surface area contributed by atoms with Crippen molar-refractivity contribution >= 4 is 22.0 Å². The molecular weight excluding hydrogens is 340 g/mol. The molecule has 25 heavy (non-hydrogen) atoms. The van der Waals surface area contributed by atoms with Crippen molar-refractivity contribution in [2.45, 2.75) is 11.8 Å². The number of hydrogen-bond donors (Lipinski definition) is 1. The van der Waals surface area contributed by atoms with E-state index in [0.717, 1.165) is 11.6 Å². The number of carbonyl (C=O) groups excluding carboxylic acids is 1. The second-order valence-electron chi connectivity index (χ2n) is 4.94. The number of benzene rings is 2. The molecule has 2 aromatic rings. The smallest absolute Gasteiger partial charge is 0.264 e. The molecule has 2 aromatic carbocycles. The number of amides is 1. The highest BCUT2D eigenvalue weighted by Crippen LogP contribution is 2.13.